The van der Waals surface area contributed by atoms with E-state index in [9.17, 15) is 0 Å². The highest BCUT2D eigenvalue weighted by Crippen LogP contribution is 2.06. The van der Waals surface area contributed by atoms with Crippen LogP contribution < -0.4 is 10.6 Å². The van der Waals surface area contributed by atoms with E-state index in [2.05, 4.69) is 30.7 Å². The fourth-order valence-electron chi connectivity index (χ4n) is 2.18. The van der Waals surface area contributed by atoms with E-state index in [0.29, 0.717) is 26.4 Å². The van der Waals surface area contributed by atoms with Crippen LogP contribution in [-0.4, -0.2) is 59.8 Å². The first-order valence-corrected chi connectivity index (χ1v) is 9.60. The number of allylic oxidation sites excluding steroid dienone is 2. The van der Waals surface area contributed by atoms with Gasteiger partial charge in [0.05, 0.1) is 33.0 Å². The minimum Gasteiger partial charge on any atom is -0.389 e. The molecule has 0 fully saturated rings. The molecule has 0 aromatic carbocycles. The molecule has 0 heterocycles. The van der Waals surface area contributed by atoms with Gasteiger partial charge in [0.25, 0.3) is 0 Å². The van der Waals surface area contributed by atoms with E-state index in [1.807, 2.05) is 7.05 Å². The van der Waals surface area contributed by atoms with Crippen LogP contribution in [0.25, 0.3) is 0 Å². The molecule has 25 heavy (non-hydrogen) atoms. The molecule has 5 heteroatoms. The van der Waals surface area contributed by atoms with Crippen molar-refractivity contribution in [3.8, 4) is 0 Å². The van der Waals surface area contributed by atoms with Crippen molar-refractivity contribution < 1.29 is 14.2 Å². The molecule has 0 saturated carbocycles. The molecule has 148 valence electrons. The summed E-state index contributed by atoms with van der Waals surface area (Å²) in [6.07, 6.45) is 6.69. The van der Waals surface area contributed by atoms with E-state index >= 15 is 0 Å². The van der Waals surface area contributed by atoms with Gasteiger partial charge in [0.15, 0.2) is 0 Å². The summed E-state index contributed by atoms with van der Waals surface area (Å²) >= 11 is 0. The van der Waals surface area contributed by atoms with Crippen LogP contribution in [0.4, 0.5) is 0 Å². The maximum atomic E-state index is 5.57. The number of nitrogens with one attached hydrogen (secondary N) is 2. The predicted molar refractivity (Wildman–Crippen MR) is 106 cm³/mol. The van der Waals surface area contributed by atoms with Gasteiger partial charge in [0, 0.05) is 25.4 Å². The number of ether oxygens (including phenoxy) is 3. The summed E-state index contributed by atoms with van der Waals surface area (Å²) in [7, 11) is 1.91. The lowest BCUT2D eigenvalue weighted by Crippen LogP contribution is -2.16. The van der Waals surface area contributed by atoms with E-state index in [4.69, 9.17) is 14.2 Å². The minimum absolute atomic E-state index is 0.633. The highest BCUT2D eigenvalue weighted by Gasteiger charge is 1.96. The number of unbranched alkanes of at least 4 members (excludes halogenated alkanes) is 2. The van der Waals surface area contributed by atoms with Crippen molar-refractivity contribution in [3.63, 3.8) is 0 Å². The maximum absolute atomic E-state index is 5.57. The topological polar surface area (TPSA) is 51.8 Å². The Labute approximate surface area is 155 Å². The molecule has 0 aromatic rings. The number of hydrogen-bond acceptors (Lipinski definition) is 5. The largest absolute Gasteiger partial charge is 0.389 e. The van der Waals surface area contributed by atoms with Crippen molar-refractivity contribution in [2.24, 2.45) is 0 Å². The zero-order valence-corrected chi connectivity index (χ0v) is 16.5. The molecule has 0 atom stereocenters. The van der Waals surface area contributed by atoms with Crippen LogP contribution in [0.5, 0.6) is 0 Å². The lowest BCUT2D eigenvalue weighted by Gasteiger charge is -2.10. The Morgan fingerprint density at radius 3 is 2.00 bits per heavy atom. The van der Waals surface area contributed by atoms with Gasteiger partial charge in [-0.3, -0.25) is 0 Å². The van der Waals surface area contributed by atoms with Crippen LogP contribution in [0, 0.1) is 0 Å². The first kappa shape index (κ1) is 24.1. The smallest absolute Gasteiger partial charge is 0.0701 e. The molecule has 0 rings (SSSR count). The van der Waals surface area contributed by atoms with Crippen LogP contribution in [0.15, 0.2) is 24.4 Å². The third kappa shape index (κ3) is 21.1. The van der Waals surface area contributed by atoms with Gasteiger partial charge in [-0.05, 0) is 46.1 Å². The summed E-state index contributed by atoms with van der Waals surface area (Å²) in [5.74, 6) is 0. The Hall–Kier alpha value is -0.880. The maximum Gasteiger partial charge on any atom is 0.0701 e. The summed E-state index contributed by atoms with van der Waals surface area (Å²) in [6.45, 7) is 16.0. The van der Waals surface area contributed by atoms with Gasteiger partial charge < -0.3 is 24.8 Å². The fourth-order valence-corrected chi connectivity index (χ4v) is 2.18. The molecular weight excluding hydrogens is 316 g/mol. The van der Waals surface area contributed by atoms with Gasteiger partial charge in [-0.1, -0.05) is 18.6 Å². The van der Waals surface area contributed by atoms with Crippen LogP contribution in [0.3, 0.4) is 0 Å². The normalized spacial score (nSPS) is 10.8. The molecule has 0 radical (unpaired) electrons. The van der Waals surface area contributed by atoms with Crippen LogP contribution in [0.2, 0.25) is 0 Å². The van der Waals surface area contributed by atoms with Gasteiger partial charge in [0.2, 0.25) is 0 Å². The van der Waals surface area contributed by atoms with Crippen molar-refractivity contribution in [1.29, 1.82) is 0 Å². The molecule has 0 saturated heterocycles. The first-order valence-electron chi connectivity index (χ1n) is 9.60. The van der Waals surface area contributed by atoms with Crippen molar-refractivity contribution in [2.45, 2.75) is 45.4 Å². The molecule has 0 unspecified atom stereocenters. The van der Waals surface area contributed by atoms with Gasteiger partial charge >= 0.3 is 0 Å². The monoisotopic (exact) mass is 356 g/mol. The highest BCUT2D eigenvalue weighted by atomic mass is 16.5. The molecule has 0 aliphatic heterocycles. The molecule has 0 aliphatic rings. The average Bonchev–Trinajstić information content (AvgIpc) is 2.59. The molecule has 5 nitrogen and oxygen atoms in total. The zero-order valence-electron chi connectivity index (χ0n) is 16.5. The third-order valence-corrected chi connectivity index (χ3v) is 3.66. The summed E-state index contributed by atoms with van der Waals surface area (Å²) in [5, 5.41) is 6.42. The fraction of sp³-hybridized carbons (Fsp3) is 0.800. The highest BCUT2D eigenvalue weighted by molar-refractivity contribution is 4.92. The summed E-state index contributed by atoms with van der Waals surface area (Å²) in [5.41, 5.74) is 2.39. The Morgan fingerprint density at radius 1 is 0.720 bits per heavy atom. The lowest BCUT2D eigenvalue weighted by atomic mass is 10.1. The predicted octanol–water partition coefficient (Wildman–Crippen LogP) is 3.28. The molecule has 0 aliphatic carbocycles. The Kier molecular flexibility index (Phi) is 18.8. The van der Waals surface area contributed by atoms with E-state index in [1.54, 1.807) is 0 Å². The van der Waals surface area contributed by atoms with Crippen molar-refractivity contribution in [1.82, 2.24) is 10.6 Å². The molecule has 0 aromatic heterocycles. The second-order valence-electron chi connectivity index (χ2n) is 6.34. The van der Waals surface area contributed by atoms with Gasteiger partial charge in [0.1, 0.15) is 0 Å². The first-order chi connectivity index (χ1) is 12.2. The second-order valence-corrected chi connectivity index (χ2v) is 6.34. The number of likely N-dealkylation sites (N-methyl/N-ethyl adjacent to an activating group) is 1. The molecular formula is C20H40N2O3. The third-order valence-electron chi connectivity index (χ3n) is 3.66. The van der Waals surface area contributed by atoms with Crippen molar-refractivity contribution in [2.75, 3.05) is 59.8 Å². The summed E-state index contributed by atoms with van der Waals surface area (Å²) in [4.78, 5) is 0. The zero-order chi connectivity index (χ0) is 18.6. The average molecular weight is 357 g/mol. The molecule has 0 amide bonds. The minimum atomic E-state index is 0.633. The van der Waals surface area contributed by atoms with Gasteiger partial charge in [-0.25, -0.2) is 0 Å². The second kappa shape index (κ2) is 19.4. The van der Waals surface area contributed by atoms with E-state index in [1.165, 1.54) is 12.0 Å². The molecule has 0 bridgehead atoms. The van der Waals surface area contributed by atoms with Gasteiger partial charge in [-0.15, -0.1) is 6.58 Å². The SMILES string of the molecule is C=C(C)CCCNC(=C)CCCCCOCCOCCOCCNC. The summed E-state index contributed by atoms with van der Waals surface area (Å²) in [6, 6.07) is 0. The van der Waals surface area contributed by atoms with E-state index in [0.717, 1.165) is 64.1 Å². The Balaban J connectivity index is 3.13. The quantitative estimate of drug-likeness (QED) is 0.259. The standard InChI is InChI=1S/C20H40N2O3/c1-19(2)9-8-11-22-20(3)10-6-5-7-13-23-15-17-25-18-16-24-14-12-21-4/h21-22H,1,3,5-18H2,2,4H3. The van der Waals surface area contributed by atoms with Crippen molar-refractivity contribution >= 4 is 0 Å². The number of hydrogen-bond donors (Lipinski definition) is 2. The molecule has 2 N–H and O–H groups in total. The number of rotatable bonds is 20. The van der Waals surface area contributed by atoms with Crippen molar-refractivity contribution in [3.05, 3.63) is 24.4 Å². The van der Waals surface area contributed by atoms with Crippen LogP contribution in [0.1, 0.15) is 45.4 Å². The van der Waals surface area contributed by atoms with Crippen LogP contribution >= 0.6 is 0 Å². The lowest BCUT2D eigenvalue weighted by molar-refractivity contribution is 0.0146. The molecule has 0 spiro atoms. The Morgan fingerprint density at radius 2 is 1.36 bits per heavy atom. The van der Waals surface area contributed by atoms with Crippen LogP contribution in [-0.2, 0) is 14.2 Å². The summed E-state index contributed by atoms with van der Waals surface area (Å²) < 4.78 is 16.4. The van der Waals surface area contributed by atoms with E-state index in [-0.39, 0.29) is 0 Å². The van der Waals surface area contributed by atoms with E-state index < -0.39 is 0 Å². The van der Waals surface area contributed by atoms with Gasteiger partial charge in [-0.2, -0.15) is 0 Å². The Bertz CT molecular complexity index is 322.